The molecule has 3 aromatic rings. The molecular weight excluding hydrogens is 310 g/mol. The van der Waals surface area contributed by atoms with Gasteiger partial charge in [0, 0.05) is 19.4 Å². The summed E-state index contributed by atoms with van der Waals surface area (Å²) >= 11 is 1.55. The summed E-state index contributed by atoms with van der Waals surface area (Å²) in [5.41, 5.74) is 2.28. The average Bonchev–Trinajstić information content (AvgIpc) is 3.22. The molecule has 0 saturated carbocycles. The molecule has 0 aliphatic carbocycles. The highest BCUT2D eigenvalue weighted by molar-refractivity contribution is 7.13. The third-order valence-corrected chi connectivity index (χ3v) is 4.19. The molecule has 0 fully saturated rings. The normalized spacial score (nSPS) is 10.7. The molecule has 23 heavy (non-hydrogen) atoms. The Bertz CT molecular complexity index is 781. The van der Waals surface area contributed by atoms with Crippen molar-refractivity contribution in [2.24, 2.45) is 0 Å². The summed E-state index contributed by atoms with van der Waals surface area (Å²) in [4.78, 5) is 12.8. The summed E-state index contributed by atoms with van der Waals surface area (Å²) in [5, 5.41) is 12.8. The Kier molecular flexibility index (Phi) is 4.83. The molecule has 0 saturated heterocycles. The number of amides is 1. The highest BCUT2D eigenvalue weighted by Crippen LogP contribution is 2.23. The standard InChI is InChI=1S/C17H17N3O2S/c1-12-4-2-5-13(10-12)11-18-15(21)7-8-16-19-20-17(22-16)14-6-3-9-23-14/h2-6,9-10H,7-8,11H2,1H3,(H,18,21). The lowest BCUT2D eigenvalue weighted by atomic mass is 10.1. The molecule has 2 aromatic heterocycles. The van der Waals surface area contributed by atoms with Crippen LogP contribution in [0.4, 0.5) is 0 Å². The van der Waals surface area contributed by atoms with E-state index in [1.807, 2.05) is 42.6 Å². The Balaban J connectivity index is 1.47. The lowest BCUT2D eigenvalue weighted by Crippen LogP contribution is -2.23. The molecule has 1 N–H and O–H groups in total. The van der Waals surface area contributed by atoms with Crippen molar-refractivity contribution in [1.82, 2.24) is 15.5 Å². The first-order chi connectivity index (χ1) is 11.2. The van der Waals surface area contributed by atoms with Crippen LogP contribution in [0.1, 0.15) is 23.4 Å². The fourth-order valence-electron chi connectivity index (χ4n) is 2.19. The van der Waals surface area contributed by atoms with Crippen molar-refractivity contribution in [2.75, 3.05) is 0 Å². The van der Waals surface area contributed by atoms with Gasteiger partial charge in [-0.1, -0.05) is 35.9 Å². The van der Waals surface area contributed by atoms with Gasteiger partial charge >= 0.3 is 0 Å². The number of benzene rings is 1. The van der Waals surface area contributed by atoms with Gasteiger partial charge in [0.05, 0.1) is 4.88 Å². The highest BCUT2D eigenvalue weighted by atomic mass is 32.1. The minimum Gasteiger partial charge on any atom is -0.420 e. The summed E-state index contributed by atoms with van der Waals surface area (Å²) in [7, 11) is 0. The summed E-state index contributed by atoms with van der Waals surface area (Å²) < 4.78 is 5.57. The Morgan fingerprint density at radius 3 is 2.96 bits per heavy atom. The lowest BCUT2D eigenvalue weighted by Gasteiger charge is -2.05. The number of hydrogen-bond donors (Lipinski definition) is 1. The van der Waals surface area contributed by atoms with Crippen LogP contribution in [-0.4, -0.2) is 16.1 Å². The molecule has 118 valence electrons. The van der Waals surface area contributed by atoms with Gasteiger partial charge in [0.2, 0.25) is 11.8 Å². The number of aromatic nitrogens is 2. The van der Waals surface area contributed by atoms with Gasteiger partial charge in [0.1, 0.15) is 0 Å². The number of nitrogens with one attached hydrogen (secondary N) is 1. The SMILES string of the molecule is Cc1cccc(CNC(=O)CCc2nnc(-c3cccs3)o2)c1. The van der Waals surface area contributed by atoms with Crippen LogP contribution in [0.2, 0.25) is 0 Å². The summed E-state index contributed by atoms with van der Waals surface area (Å²) in [5.74, 6) is 0.969. The maximum Gasteiger partial charge on any atom is 0.257 e. The molecule has 0 radical (unpaired) electrons. The van der Waals surface area contributed by atoms with Crippen molar-refractivity contribution in [3.8, 4) is 10.8 Å². The molecule has 6 heteroatoms. The van der Waals surface area contributed by atoms with Gasteiger partial charge in [-0.05, 0) is 23.9 Å². The van der Waals surface area contributed by atoms with Gasteiger partial charge in [-0.3, -0.25) is 4.79 Å². The highest BCUT2D eigenvalue weighted by Gasteiger charge is 2.11. The van der Waals surface area contributed by atoms with Crippen molar-refractivity contribution in [1.29, 1.82) is 0 Å². The van der Waals surface area contributed by atoms with Gasteiger partial charge in [-0.25, -0.2) is 0 Å². The molecule has 0 aliphatic rings. The van der Waals surface area contributed by atoms with E-state index in [2.05, 4.69) is 21.6 Å². The first-order valence-electron chi connectivity index (χ1n) is 7.39. The third kappa shape index (κ3) is 4.26. The molecular formula is C17H17N3O2S. The minimum atomic E-state index is -0.0256. The van der Waals surface area contributed by atoms with Crippen molar-refractivity contribution >= 4 is 17.2 Å². The summed E-state index contributed by atoms with van der Waals surface area (Å²) in [6.45, 7) is 2.57. The van der Waals surface area contributed by atoms with Crippen molar-refractivity contribution in [2.45, 2.75) is 26.3 Å². The number of thiophene rings is 1. The molecule has 0 aliphatic heterocycles. The van der Waals surface area contributed by atoms with E-state index in [0.29, 0.717) is 31.2 Å². The lowest BCUT2D eigenvalue weighted by molar-refractivity contribution is -0.121. The Labute approximate surface area is 138 Å². The van der Waals surface area contributed by atoms with Crippen LogP contribution in [0.25, 0.3) is 10.8 Å². The van der Waals surface area contributed by atoms with Crippen LogP contribution in [0.5, 0.6) is 0 Å². The van der Waals surface area contributed by atoms with Crippen LogP contribution >= 0.6 is 11.3 Å². The molecule has 0 bridgehead atoms. The van der Waals surface area contributed by atoms with Gasteiger partial charge in [-0.15, -0.1) is 21.5 Å². The first kappa shape index (κ1) is 15.4. The Hall–Kier alpha value is -2.47. The molecule has 0 atom stereocenters. The zero-order valence-corrected chi connectivity index (χ0v) is 13.6. The average molecular weight is 327 g/mol. The first-order valence-corrected chi connectivity index (χ1v) is 8.27. The Morgan fingerprint density at radius 2 is 2.17 bits per heavy atom. The third-order valence-electron chi connectivity index (χ3n) is 3.34. The fraction of sp³-hybridized carbons (Fsp3) is 0.235. The maximum absolute atomic E-state index is 11.9. The van der Waals surface area contributed by atoms with Gasteiger partial charge in [0.15, 0.2) is 0 Å². The monoisotopic (exact) mass is 327 g/mol. The molecule has 2 heterocycles. The van der Waals surface area contributed by atoms with Gasteiger partial charge < -0.3 is 9.73 Å². The van der Waals surface area contributed by atoms with Crippen LogP contribution in [-0.2, 0) is 17.8 Å². The largest absolute Gasteiger partial charge is 0.420 e. The van der Waals surface area contributed by atoms with E-state index in [9.17, 15) is 4.79 Å². The Morgan fingerprint density at radius 1 is 1.26 bits per heavy atom. The number of carbonyl (C=O) groups excluding carboxylic acids is 1. The molecule has 3 rings (SSSR count). The number of hydrogen-bond acceptors (Lipinski definition) is 5. The van der Waals surface area contributed by atoms with Crippen LogP contribution in [0.3, 0.4) is 0 Å². The number of aryl methyl sites for hydroxylation is 2. The number of carbonyl (C=O) groups is 1. The molecule has 5 nitrogen and oxygen atoms in total. The summed E-state index contributed by atoms with van der Waals surface area (Å²) in [6.07, 6.45) is 0.774. The van der Waals surface area contributed by atoms with Crippen molar-refractivity contribution in [3.63, 3.8) is 0 Å². The zero-order valence-electron chi connectivity index (χ0n) is 12.8. The number of rotatable bonds is 6. The van der Waals surface area contributed by atoms with E-state index >= 15 is 0 Å². The predicted molar refractivity (Wildman–Crippen MR) is 89.0 cm³/mol. The molecule has 0 spiro atoms. The van der Waals surface area contributed by atoms with E-state index in [1.165, 1.54) is 5.56 Å². The second-order valence-electron chi connectivity index (χ2n) is 5.24. The molecule has 0 unspecified atom stereocenters. The summed E-state index contributed by atoms with van der Waals surface area (Å²) in [6, 6.07) is 11.9. The quantitative estimate of drug-likeness (QED) is 0.754. The van der Waals surface area contributed by atoms with Gasteiger partial charge in [0.25, 0.3) is 5.89 Å². The maximum atomic E-state index is 11.9. The smallest absolute Gasteiger partial charge is 0.257 e. The zero-order chi connectivity index (χ0) is 16.1. The second-order valence-corrected chi connectivity index (χ2v) is 6.19. The van der Waals surface area contributed by atoms with E-state index in [4.69, 9.17) is 4.42 Å². The van der Waals surface area contributed by atoms with E-state index in [0.717, 1.165) is 10.4 Å². The van der Waals surface area contributed by atoms with Crippen LogP contribution in [0.15, 0.2) is 46.2 Å². The van der Waals surface area contributed by atoms with Crippen LogP contribution in [0, 0.1) is 6.92 Å². The van der Waals surface area contributed by atoms with Gasteiger partial charge in [-0.2, -0.15) is 0 Å². The number of nitrogens with zero attached hydrogens (tertiary/aromatic N) is 2. The fourth-order valence-corrected chi connectivity index (χ4v) is 2.83. The van der Waals surface area contributed by atoms with E-state index in [1.54, 1.807) is 11.3 Å². The predicted octanol–water partition coefficient (Wildman–Crippen LogP) is 3.36. The van der Waals surface area contributed by atoms with E-state index < -0.39 is 0 Å². The van der Waals surface area contributed by atoms with Crippen molar-refractivity contribution < 1.29 is 9.21 Å². The second kappa shape index (κ2) is 7.19. The molecule has 1 amide bonds. The van der Waals surface area contributed by atoms with Crippen molar-refractivity contribution in [3.05, 3.63) is 58.8 Å². The van der Waals surface area contributed by atoms with Crippen LogP contribution < -0.4 is 5.32 Å². The van der Waals surface area contributed by atoms with E-state index in [-0.39, 0.29) is 5.91 Å². The topological polar surface area (TPSA) is 68.0 Å². The molecule has 1 aromatic carbocycles. The minimum absolute atomic E-state index is 0.0256.